The van der Waals surface area contributed by atoms with Crippen molar-refractivity contribution in [3.63, 3.8) is 0 Å². The molecule has 0 saturated carbocycles. The van der Waals surface area contributed by atoms with E-state index < -0.39 is 152 Å². The summed E-state index contributed by atoms with van der Waals surface area (Å²) < 4.78 is 78.8. The summed E-state index contributed by atoms with van der Waals surface area (Å²) in [4.78, 5) is 152. The van der Waals surface area contributed by atoms with Gasteiger partial charge in [0.05, 0.1) is 26.1 Å². The number of rotatable bonds is 27. The Morgan fingerprint density at radius 3 is 1.28 bits per heavy atom. The van der Waals surface area contributed by atoms with Crippen LogP contribution in [-0.2, 0) is 118 Å². The van der Waals surface area contributed by atoms with Crippen LogP contribution in [0.1, 0.15) is 114 Å². The maximum Gasteiger partial charge on any atom is 0.310 e. The van der Waals surface area contributed by atoms with E-state index in [0.717, 1.165) is 55.4 Å². The average Bonchev–Trinajstić information content (AvgIpc) is 1.04. The van der Waals surface area contributed by atoms with Gasteiger partial charge >= 0.3 is 59.7 Å². The Bertz CT molecular complexity index is 3030. The summed E-state index contributed by atoms with van der Waals surface area (Å²) in [5, 5.41) is 0. The van der Waals surface area contributed by atoms with Crippen molar-refractivity contribution >= 4 is 71.3 Å². The molecule has 2 fully saturated rings. The first-order valence-electron chi connectivity index (χ1n) is 27.1. The van der Waals surface area contributed by atoms with Gasteiger partial charge in [-0.15, -0.1) is 0 Å². The van der Waals surface area contributed by atoms with Gasteiger partial charge in [-0.05, 0) is 61.4 Å². The largest absolute Gasteiger partial charge is 0.466 e. The summed E-state index contributed by atoms with van der Waals surface area (Å²) in [5.41, 5.74) is 1.48. The van der Waals surface area contributed by atoms with Crippen LogP contribution in [0, 0.1) is 0 Å². The van der Waals surface area contributed by atoms with Gasteiger partial charge in [0.25, 0.3) is 0 Å². The lowest BCUT2D eigenvalue weighted by atomic mass is 9.96. The van der Waals surface area contributed by atoms with Gasteiger partial charge in [-0.2, -0.15) is 0 Å². The molecule has 10 atom stereocenters. The molecular formula is C60H68O26. The third kappa shape index (κ3) is 20.3. The minimum absolute atomic E-state index is 0.00550. The van der Waals surface area contributed by atoms with Crippen LogP contribution in [0.25, 0.3) is 11.1 Å². The summed E-state index contributed by atoms with van der Waals surface area (Å²) in [6, 6.07) is 15.0. The minimum Gasteiger partial charge on any atom is -0.466 e. The second kappa shape index (κ2) is 32.3. The molecule has 0 bridgehead atoms. The van der Waals surface area contributed by atoms with Crippen molar-refractivity contribution in [1.82, 2.24) is 0 Å². The van der Waals surface area contributed by atoms with E-state index in [1.165, 1.54) is 48.6 Å². The number of benzene rings is 3. The quantitative estimate of drug-likeness (QED) is 0.0424. The fraction of sp³-hybridized carbons (Fsp3) is 0.467. The lowest BCUT2D eigenvalue weighted by Gasteiger charge is -2.44. The van der Waals surface area contributed by atoms with Crippen LogP contribution in [0.2, 0.25) is 0 Å². The van der Waals surface area contributed by atoms with Crippen molar-refractivity contribution in [2.45, 2.75) is 156 Å². The van der Waals surface area contributed by atoms with E-state index in [2.05, 4.69) is 0 Å². The molecule has 0 radical (unpaired) electrons. The normalized spacial score (nSPS) is 21.5. The molecule has 0 spiro atoms. The van der Waals surface area contributed by atoms with Gasteiger partial charge in [-0.25, -0.2) is 0 Å². The number of Topliss-reactive ketones (excluding diaryl/α,β-unsaturated/α-hetero) is 2. The predicted octanol–water partition coefficient (Wildman–Crippen LogP) is 4.89. The number of carbonyl (C=O) groups is 12. The summed E-state index contributed by atoms with van der Waals surface area (Å²) >= 11 is 0. The summed E-state index contributed by atoms with van der Waals surface area (Å²) in [7, 11) is 0. The fourth-order valence-electron chi connectivity index (χ4n) is 9.07. The van der Waals surface area contributed by atoms with Crippen LogP contribution < -0.4 is 9.47 Å². The molecule has 26 nitrogen and oxygen atoms in total. The Hall–Kier alpha value is -9.04. The molecular weight excluding hydrogens is 1140 g/mol. The summed E-state index contributed by atoms with van der Waals surface area (Å²) in [6.07, 6.45) is -13.5. The first-order chi connectivity index (χ1) is 40.8. The lowest BCUT2D eigenvalue weighted by Crippen LogP contribution is -2.63. The van der Waals surface area contributed by atoms with E-state index in [9.17, 15) is 57.5 Å². The number of ketones is 2. The predicted molar refractivity (Wildman–Crippen MR) is 291 cm³/mol. The third-order valence-corrected chi connectivity index (χ3v) is 12.4. The van der Waals surface area contributed by atoms with Crippen molar-refractivity contribution in [1.29, 1.82) is 0 Å². The van der Waals surface area contributed by atoms with Crippen LogP contribution in [-0.4, -0.2) is 159 Å². The molecule has 26 heteroatoms. The van der Waals surface area contributed by atoms with Gasteiger partial charge < -0.3 is 66.3 Å². The fourth-order valence-corrected chi connectivity index (χ4v) is 9.07. The molecule has 2 aliphatic heterocycles. The minimum atomic E-state index is -1.68. The second-order valence-corrected chi connectivity index (χ2v) is 19.3. The molecule has 2 saturated heterocycles. The first-order valence-corrected chi connectivity index (χ1v) is 27.1. The van der Waals surface area contributed by atoms with E-state index in [1.54, 1.807) is 38.1 Å². The Balaban J connectivity index is 1.46. The van der Waals surface area contributed by atoms with E-state index in [-0.39, 0.29) is 66.2 Å². The number of carbonyl (C=O) groups excluding carboxylic acids is 12. The Morgan fingerprint density at radius 2 is 0.837 bits per heavy atom. The summed E-state index contributed by atoms with van der Waals surface area (Å²) in [6.45, 7) is 10.9. The molecule has 3 aromatic carbocycles. The van der Waals surface area contributed by atoms with Gasteiger partial charge in [0, 0.05) is 90.5 Å². The number of hydrogen-bond donors (Lipinski definition) is 0. The Labute approximate surface area is 494 Å². The summed E-state index contributed by atoms with van der Waals surface area (Å²) in [5.74, 6) is -8.92. The zero-order valence-corrected chi connectivity index (χ0v) is 49.0. The van der Waals surface area contributed by atoms with Crippen LogP contribution in [0.4, 0.5) is 0 Å². The highest BCUT2D eigenvalue weighted by atomic mass is 16.7. The van der Waals surface area contributed by atoms with E-state index in [1.807, 2.05) is 0 Å². The molecule has 0 aliphatic carbocycles. The SMILES string of the molecule is CCOC(=O)Cc1cccc(-c2cc(C(=O)C/C=C/CC(=O)c3ccc(O[C@H]4O[C@H](COC(C)=O)[C@@H](OC(C)=O)[C@H](OC(C)=O)[C@@H]4OC(C)=O)c(CC(=O)OCC)c3)ccc2O[C@H]2O[C@H](COC(C)=O)[C@@H](OC(C)=O)[C@H](OC(C)=O)[C@@H]2OC(C)=O)c1. The van der Waals surface area contributed by atoms with Gasteiger partial charge in [0.15, 0.2) is 36.0 Å². The van der Waals surface area contributed by atoms with E-state index in [0.29, 0.717) is 11.1 Å². The van der Waals surface area contributed by atoms with Crippen molar-refractivity contribution in [2.24, 2.45) is 0 Å². The van der Waals surface area contributed by atoms with Crippen molar-refractivity contribution in [2.75, 3.05) is 26.4 Å². The number of esters is 10. The number of ether oxygens (including phenoxy) is 14. The van der Waals surface area contributed by atoms with Crippen LogP contribution in [0.3, 0.4) is 0 Å². The van der Waals surface area contributed by atoms with Crippen LogP contribution in [0.15, 0.2) is 72.8 Å². The molecule has 464 valence electrons. The first kappa shape index (κ1) is 67.7. The van der Waals surface area contributed by atoms with E-state index in [4.69, 9.17) is 66.3 Å². The van der Waals surface area contributed by atoms with Crippen molar-refractivity contribution in [3.05, 3.63) is 95.1 Å². The molecule has 0 unspecified atom stereocenters. The molecule has 0 aromatic heterocycles. The maximum atomic E-state index is 14.0. The smallest absolute Gasteiger partial charge is 0.310 e. The van der Waals surface area contributed by atoms with Gasteiger partial charge in [-0.3, -0.25) is 57.5 Å². The number of hydrogen-bond acceptors (Lipinski definition) is 26. The monoisotopic (exact) mass is 1200 g/mol. The van der Waals surface area contributed by atoms with Gasteiger partial charge in [0.2, 0.25) is 24.8 Å². The molecule has 5 rings (SSSR count). The topological polar surface area (TPSA) is 334 Å². The van der Waals surface area contributed by atoms with Gasteiger partial charge in [0.1, 0.15) is 36.9 Å². The third-order valence-electron chi connectivity index (χ3n) is 12.4. The van der Waals surface area contributed by atoms with Crippen LogP contribution in [0.5, 0.6) is 11.5 Å². The molecule has 0 N–H and O–H groups in total. The van der Waals surface area contributed by atoms with Crippen molar-refractivity contribution < 1.29 is 124 Å². The zero-order chi connectivity index (χ0) is 63.4. The molecule has 3 aromatic rings. The maximum absolute atomic E-state index is 14.0. The average molecular weight is 1210 g/mol. The molecule has 2 aliphatic rings. The second-order valence-electron chi connectivity index (χ2n) is 19.3. The van der Waals surface area contributed by atoms with Crippen LogP contribution >= 0.6 is 0 Å². The molecule has 0 amide bonds. The van der Waals surface area contributed by atoms with E-state index >= 15 is 0 Å². The highest BCUT2D eigenvalue weighted by Crippen LogP contribution is 2.38. The number of allylic oxidation sites excluding steroid dienone is 2. The Kier molecular flexibility index (Phi) is 25.4. The molecule has 2 heterocycles. The van der Waals surface area contributed by atoms with Crippen molar-refractivity contribution in [3.8, 4) is 22.6 Å². The lowest BCUT2D eigenvalue weighted by molar-refractivity contribution is -0.288. The zero-order valence-electron chi connectivity index (χ0n) is 49.0. The molecule has 86 heavy (non-hydrogen) atoms. The Morgan fingerprint density at radius 1 is 0.430 bits per heavy atom. The van der Waals surface area contributed by atoms with Gasteiger partial charge in [-0.1, -0.05) is 36.4 Å². The standard InChI is InChI=1S/C60H68O26/c1-11-73-51(71)25-39-16-15-17-40(24-39)44-27-42(21-23-48(44)84-60-58(82-38(10)68)56(80-36(8)66)54(78-34(6)64)50(86-60)30-76-32(4)62)46(70)19-14-13-18-45(69)41-20-22-47(43(26-41)28-52(72)74-12-2)83-59-57(81-37(9)67)55(79-35(7)65)53(77-33(5)63)49(85-59)29-75-31(3)61/h13-17,20-24,26-27,49-50,53-60H,11-12,18-19,25,28-30H2,1-10H3/b14-13+/t49-,50-,53-,54-,55+,56+,57+,58+,59+,60+/m1/s1. The highest BCUT2D eigenvalue weighted by molar-refractivity contribution is 5.99. The highest BCUT2D eigenvalue weighted by Gasteiger charge is 2.55.